The molecule has 0 N–H and O–H groups in total. The van der Waals surface area contributed by atoms with Crippen molar-refractivity contribution >= 4 is 155 Å². The minimum absolute atomic E-state index is 0.856. The van der Waals surface area contributed by atoms with Crippen LogP contribution >= 0.6 is 0 Å². The molecule has 7 aliphatic carbocycles. The summed E-state index contributed by atoms with van der Waals surface area (Å²) < 4.78 is 0. The molecule has 27 rings (SSSR count). The van der Waals surface area contributed by atoms with Gasteiger partial charge >= 0.3 is 0 Å². The highest BCUT2D eigenvalue weighted by atomic mass is 14.1. The zero-order valence-corrected chi connectivity index (χ0v) is 65.0. The molecule has 0 heterocycles. The van der Waals surface area contributed by atoms with Crippen molar-refractivity contribution in [2.45, 2.75) is 0 Å². The molecule has 544 valence electrons. The van der Waals surface area contributed by atoms with Crippen molar-refractivity contribution in [3.63, 3.8) is 0 Å². The molecule has 0 atom stereocenters. The molecule has 0 nitrogen and oxygen atoms in total. The molecule has 120 heavy (non-hydrogen) atoms. The Labute approximate surface area is 686 Å². The van der Waals surface area contributed by atoms with E-state index in [9.17, 15) is 0 Å². The molecule has 0 radical (unpaired) electrons. The average molecular weight is 1510 g/mol. The van der Waals surface area contributed by atoms with Crippen molar-refractivity contribution in [2.24, 2.45) is 0 Å². The van der Waals surface area contributed by atoms with Gasteiger partial charge in [0.2, 0.25) is 0 Å². The third-order valence-electron chi connectivity index (χ3n) is 22.9. The van der Waals surface area contributed by atoms with Gasteiger partial charge in [0.1, 0.15) is 0 Å². The summed E-state index contributed by atoms with van der Waals surface area (Å²) in [6, 6.07) is 137. The fourth-order valence-electron chi connectivity index (χ4n) is 17.1. The quantitative estimate of drug-likeness (QED) is 0.133. The summed E-state index contributed by atoms with van der Waals surface area (Å²) in [4.78, 5) is 0. The van der Waals surface area contributed by atoms with E-state index in [-0.39, 0.29) is 0 Å². The first-order valence-electron chi connectivity index (χ1n) is 40.2. The Bertz CT molecular complexity index is 8820. The zero-order chi connectivity index (χ0) is 79.7. The fraction of sp³-hybridized carbons (Fsp3) is 0. The third-order valence-corrected chi connectivity index (χ3v) is 22.9. The Kier molecular flexibility index (Phi) is 18.3. The number of rotatable bonds is 0. The van der Waals surface area contributed by atoms with E-state index in [1.165, 1.54) is 0 Å². The minimum atomic E-state index is 0.856. The molecule has 7 aliphatic rings. The van der Waals surface area contributed by atoms with E-state index in [1.54, 1.807) is 0 Å². The lowest BCUT2D eigenvalue weighted by atomic mass is 9.99. The van der Waals surface area contributed by atoms with Gasteiger partial charge in [-0.15, -0.1) is 0 Å². The van der Waals surface area contributed by atoms with E-state index in [1.807, 2.05) is 0 Å². The summed E-state index contributed by atoms with van der Waals surface area (Å²) in [5.74, 6) is 0. The second-order valence-electron chi connectivity index (χ2n) is 30.0. The van der Waals surface area contributed by atoms with Crippen molar-refractivity contribution < 1.29 is 0 Å². The van der Waals surface area contributed by atoms with Gasteiger partial charge in [-0.1, -0.05) is 360 Å². The highest BCUT2D eigenvalue weighted by molar-refractivity contribution is 5.93. The van der Waals surface area contributed by atoms with Crippen molar-refractivity contribution in [1.29, 1.82) is 0 Å². The molecule has 0 spiro atoms. The highest BCUT2D eigenvalue weighted by Gasteiger charge is 2.09. The standard InChI is InChI=1S/C120H64/c1-2-30-98-74-66-90-22-6-14-34-106(90)114(98)118-102(78-70-94-26-10-18-38-110(94)118)62-50-82-43-55-86(56-44-82)88-59-47-84(48-60-88)52-64-104-80-72-96-28-12-20-40-112(96)120(104)116-100(76-68-92-24-8-16-36-108(92)116)32-4-3-31-99-75-67-91-23-7-15-35-107(91)115(99)119-103(79-71-95-27-11-19-39-111(95)119)63-51-83-45-57-87(58-46-83)85-53-41-81(42-54-85)49-61-101-77-69-93-25-9-17-37-109(93)117(101)113-97(29-1)73-65-89-21-5-13-33-105(89)113/h5-28,33-48,53-60,65-80H. The molecule has 0 aromatic heterocycles. The number of fused-ring (bicyclic) bond motifs is 8. The highest BCUT2D eigenvalue weighted by Crippen LogP contribution is 2.23. The van der Waals surface area contributed by atoms with Crippen LogP contribution in [0.3, 0.4) is 0 Å². The van der Waals surface area contributed by atoms with E-state index >= 15 is 0 Å². The van der Waals surface area contributed by atoms with Crippen LogP contribution in [0.25, 0.3) is 155 Å². The minimum Gasteiger partial charge on any atom is -0.0616 e. The van der Waals surface area contributed by atoms with Crippen LogP contribution in [-0.2, 0) is 0 Å². The number of benzene rings is 20. The normalized spacial score (nSPS) is 11.3. The van der Waals surface area contributed by atoms with Crippen LogP contribution in [0.1, 0.15) is 0 Å². The smallest absolute Gasteiger partial charge is 0.0341 e. The Morgan fingerprint density at radius 1 is 0.108 bits per heavy atom. The molecule has 0 amide bonds. The van der Waals surface area contributed by atoms with Gasteiger partial charge in [-0.3, -0.25) is 0 Å². The lowest BCUT2D eigenvalue weighted by molar-refractivity contribution is 1.45. The Morgan fingerprint density at radius 3 is 0.408 bits per heavy atom. The number of hydrogen-bond donors (Lipinski definition) is 0. The van der Waals surface area contributed by atoms with Gasteiger partial charge in [0.15, 0.2) is 0 Å². The van der Waals surface area contributed by atoms with Crippen molar-refractivity contribution in [3.8, 4) is 0 Å². The first-order chi connectivity index (χ1) is 59.5. The summed E-state index contributed by atoms with van der Waals surface area (Å²) in [5.41, 5.74) is 57.1. The second kappa shape index (κ2) is 31.0. The van der Waals surface area contributed by atoms with Crippen molar-refractivity contribution in [3.05, 3.63) is 536 Å². The maximum absolute atomic E-state index is 3.68. The van der Waals surface area contributed by atoms with Gasteiger partial charge in [-0.2, -0.15) is 0 Å². The molecule has 0 aliphatic heterocycles. The molecular formula is C120H64. The fourth-order valence-corrected chi connectivity index (χ4v) is 17.1. The van der Waals surface area contributed by atoms with Crippen molar-refractivity contribution in [1.82, 2.24) is 0 Å². The predicted octanol–water partition coefficient (Wildman–Crippen LogP) is 17.7. The van der Waals surface area contributed by atoms with Crippen LogP contribution in [-0.4, -0.2) is 0 Å². The first kappa shape index (κ1) is 70.8. The maximum atomic E-state index is 3.68. The molecule has 0 fully saturated rings. The first-order valence-corrected chi connectivity index (χ1v) is 40.2. The Morgan fingerprint density at radius 2 is 0.250 bits per heavy atom. The Hall–Kier alpha value is -17.0. The number of hydrogen-bond acceptors (Lipinski definition) is 0. The lowest BCUT2D eigenvalue weighted by Crippen LogP contribution is -2.09. The van der Waals surface area contributed by atoms with Crippen LogP contribution in [0, 0.1) is 62.6 Å². The molecule has 0 saturated carbocycles. The van der Waals surface area contributed by atoms with Gasteiger partial charge in [0, 0.05) is 104 Å². The topological polar surface area (TPSA) is 0 Å². The van der Waals surface area contributed by atoms with Crippen LogP contribution < -0.4 is 62.6 Å². The molecule has 0 saturated heterocycles. The van der Waals surface area contributed by atoms with E-state index in [4.69, 9.17) is 0 Å². The monoisotopic (exact) mass is 1500 g/mol. The van der Waals surface area contributed by atoms with Gasteiger partial charge in [0.25, 0.3) is 0 Å². The summed E-state index contributed by atoms with van der Waals surface area (Å²) >= 11 is 0. The predicted molar refractivity (Wildman–Crippen MR) is 494 cm³/mol. The van der Waals surface area contributed by atoms with Gasteiger partial charge in [-0.25, -0.2) is 0 Å². The molecule has 20 aromatic rings. The van der Waals surface area contributed by atoms with Crippen LogP contribution in [0.2, 0.25) is 0 Å². The largest absolute Gasteiger partial charge is 0.0616 e. The van der Waals surface area contributed by atoms with Gasteiger partial charge < -0.3 is 0 Å². The third kappa shape index (κ3) is 13.5. The van der Waals surface area contributed by atoms with E-state index in [2.05, 4.69) is 480 Å². The van der Waals surface area contributed by atoms with Crippen molar-refractivity contribution in [2.75, 3.05) is 0 Å². The zero-order valence-electron chi connectivity index (χ0n) is 65.0. The molecule has 20 aromatic carbocycles. The van der Waals surface area contributed by atoms with Gasteiger partial charge in [0.05, 0.1) is 0 Å². The van der Waals surface area contributed by atoms with Crippen LogP contribution in [0.4, 0.5) is 0 Å². The summed E-state index contributed by atoms with van der Waals surface area (Å²) in [5, 5.41) is 40.6. The van der Waals surface area contributed by atoms with Crippen LogP contribution in [0.15, 0.2) is 411 Å². The summed E-state index contributed by atoms with van der Waals surface area (Å²) in [6.07, 6.45) is 0. The van der Waals surface area contributed by atoms with Gasteiger partial charge in [-0.05, 0) is 227 Å². The average Bonchev–Trinajstić information content (AvgIpc) is 0.766. The van der Waals surface area contributed by atoms with E-state index in [0.29, 0.717) is 0 Å². The van der Waals surface area contributed by atoms with E-state index in [0.717, 1.165) is 211 Å². The van der Waals surface area contributed by atoms with E-state index < -0.39 is 0 Å². The van der Waals surface area contributed by atoms with Crippen LogP contribution in [0.5, 0.6) is 0 Å². The summed E-state index contributed by atoms with van der Waals surface area (Å²) in [7, 11) is 0. The molecule has 0 heteroatoms. The SMILES string of the molecule is C1=C=C=c2ccc3ccccc3c2=c2c(ccc3ccccc23)=C=C=c2ccc(cc2)=c2ccc(cc2)=C=C=c2ccc3ccccc3c2=c2c(ccc3ccccc23)=C=C=C=C=c2ccc3ccccc3c2=c2c(ccc3ccccc23)=C=C=c2ccc(cc2)=c2ccc(cc2)=C=C=c2ccc3ccccc3c2=c2c(ccc3ccccc23)=C=1. The summed E-state index contributed by atoms with van der Waals surface area (Å²) in [6.45, 7) is 0. The Balaban J connectivity index is 0.900. The molecular weight excluding hydrogens is 1440 g/mol. The molecule has 8 bridgehead atoms. The maximum Gasteiger partial charge on any atom is 0.0341 e. The second-order valence-corrected chi connectivity index (χ2v) is 30.0. The molecule has 0 unspecified atom stereocenters. The lowest BCUT2D eigenvalue weighted by Gasteiger charge is -2.03.